The first-order valence-electron chi connectivity index (χ1n) is 11.0. The third kappa shape index (κ3) is 6.69. The fourth-order valence-electron chi connectivity index (χ4n) is 3.78. The van der Waals surface area contributed by atoms with Crippen LogP contribution >= 0.6 is 0 Å². The molecule has 31 heavy (non-hydrogen) atoms. The van der Waals surface area contributed by atoms with E-state index >= 15 is 0 Å². The highest BCUT2D eigenvalue weighted by Crippen LogP contribution is 2.24. The smallest absolute Gasteiger partial charge is 0.408 e. The largest absolute Gasteiger partial charge is 0.444 e. The van der Waals surface area contributed by atoms with Crippen molar-refractivity contribution < 1.29 is 24.2 Å². The van der Waals surface area contributed by atoms with Crippen LogP contribution in [0.15, 0.2) is 30.3 Å². The standard InChI is InChI=1S/C23H33N3O5/c1-23(2,3)31-22(30)25-17(14-15-8-5-4-6-9-15)21(29)26-13-7-10-18(26)19(27)20(28)24-16-11-12-16/h4-6,8-9,16-19,27H,7,10-14H2,1-3H3,(H,24,28)(H,25,30)/t17-,18-,19?/m0/s1. The monoisotopic (exact) mass is 431 g/mol. The summed E-state index contributed by atoms with van der Waals surface area (Å²) in [4.78, 5) is 39.7. The maximum Gasteiger partial charge on any atom is 0.408 e. The van der Waals surface area contributed by atoms with Gasteiger partial charge in [-0.05, 0) is 52.0 Å². The Balaban J connectivity index is 1.73. The third-order valence-corrected chi connectivity index (χ3v) is 5.41. The first-order chi connectivity index (χ1) is 14.6. The molecule has 1 aromatic carbocycles. The second-order valence-electron chi connectivity index (χ2n) is 9.36. The summed E-state index contributed by atoms with van der Waals surface area (Å²) in [5.41, 5.74) is 0.192. The van der Waals surface area contributed by atoms with Crippen molar-refractivity contribution in [2.24, 2.45) is 0 Å². The molecule has 3 rings (SSSR count). The highest BCUT2D eigenvalue weighted by Gasteiger charge is 2.41. The molecule has 8 heteroatoms. The Kier molecular flexibility index (Phi) is 7.20. The number of aliphatic hydroxyl groups is 1. The maximum atomic E-state index is 13.4. The number of benzene rings is 1. The highest BCUT2D eigenvalue weighted by molar-refractivity contribution is 5.88. The molecule has 1 saturated heterocycles. The van der Waals surface area contributed by atoms with Crippen LogP contribution in [0.3, 0.4) is 0 Å². The normalized spacial score (nSPS) is 20.6. The fraction of sp³-hybridized carbons (Fsp3) is 0.609. The van der Waals surface area contributed by atoms with Gasteiger partial charge in [-0.2, -0.15) is 0 Å². The molecular formula is C23H33N3O5. The Morgan fingerprint density at radius 1 is 1.16 bits per heavy atom. The number of nitrogens with zero attached hydrogens (tertiary/aromatic N) is 1. The van der Waals surface area contributed by atoms with Gasteiger partial charge in [-0.3, -0.25) is 9.59 Å². The number of alkyl carbamates (subject to hydrolysis) is 1. The maximum absolute atomic E-state index is 13.4. The molecule has 0 aromatic heterocycles. The quantitative estimate of drug-likeness (QED) is 0.610. The van der Waals surface area contributed by atoms with Crippen LogP contribution in [0.4, 0.5) is 4.79 Å². The zero-order chi connectivity index (χ0) is 22.6. The summed E-state index contributed by atoms with van der Waals surface area (Å²) in [7, 11) is 0. The van der Waals surface area contributed by atoms with Crippen molar-refractivity contribution in [2.45, 2.75) is 82.7 Å². The summed E-state index contributed by atoms with van der Waals surface area (Å²) >= 11 is 0. The fourth-order valence-corrected chi connectivity index (χ4v) is 3.78. The number of carbonyl (C=O) groups is 3. The molecular weight excluding hydrogens is 398 g/mol. The lowest BCUT2D eigenvalue weighted by molar-refractivity contribution is -0.141. The van der Waals surface area contributed by atoms with E-state index in [0.717, 1.165) is 18.4 Å². The summed E-state index contributed by atoms with van der Waals surface area (Å²) in [5.74, 6) is -0.762. The predicted molar refractivity (Wildman–Crippen MR) is 115 cm³/mol. The summed E-state index contributed by atoms with van der Waals surface area (Å²) in [5, 5.41) is 16.1. The van der Waals surface area contributed by atoms with Crippen LogP contribution in [-0.2, 0) is 20.7 Å². The number of rotatable bonds is 7. The topological polar surface area (TPSA) is 108 Å². The van der Waals surface area contributed by atoms with Gasteiger partial charge >= 0.3 is 6.09 Å². The molecule has 1 aliphatic heterocycles. The molecule has 0 spiro atoms. The van der Waals surface area contributed by atoms with E-state index in [0.29, 0.717) is 19.4 Å². The molecule has 1 aromatic rings. The third-order valence-electron chi connectivity index (χ3n) is 5.41. The van der Waals surface area contributed by atoms with Crippen LogP contribution in [-0.4, -0.2) is 64.3 Å². The van der Waals surface area contributed by atoms with Gasteiger partial charge in [-0.15, -0.1) is 0 Å². The van der Waals surface area contributed by atoms with Crippen LogP contribution in [0.2, 0.25) is 0 Å². The van der Waals surface area contributed by atoms with Crippen molar-refractivity contribution >= 4 is 17.9 Å². The Hall–Kier alpha value is -2.61. The van der Waals surface area contributed by atoms with Gasteiger partial charge in [0.2, 0.25) is 5.91 Å². The van der Waals surface area contributed by atoms with E-state index in [9.17, 15) is 19.5 Å². The number of likely N-dealkylation sites (tertiary alicyclic amines) is 1. The van der Waals surface area contributed by atoms with Crippen molar-refractivity contribution in [1.29, 1.82) is 0 Å². The second-order valence-corrected chi connectivity index (χ2v) is 9.36. The molecule has 1 heterocycles. The van der Waals surface area contributed by atoms with Crippen molar-refractivity contribution in [1.82, 2.24) is 15.5 Å². The summed E-state index contributed by atoms with van der Waals surface area (Å²) in [6.45, 7) is 5.70. The van der Waals surface area contributed by atoms with Crippen LogP contribution in [0.1, 0.15) is 52.0 Å². The number of ether oxygens (including phenoxy) is 1. The van der Waals surface area contributed by atoms with E-state index in [1.165, 1.54) is 4.90 Å². The van der Waals surface area contributed by atoms with E-state index < -0.39 is 35.8 Å². The van der Waals surface area contributed by atoms with Crippen molar-refractivity contribution in [3.8, 4) is 0 Å². The van der Waals surface area contributed by atoms with E-state index in [4.69, 9.17) is 4.74 Å². The average molecular weight is 432 g/mol. The first kappa shape index (κ1) is 23.1. The zero-order valence-corrected chi connectivity index (χ0v) is 18.5. The van der Waals surface area contributed by atoms with Gasteiger partial charge in [0.15, 0.2) is 6.10 Å². The SMILES string of the molecule is CC(C)(C)OC(=O)N[C@@H](Cc1ccccc1)C(=O)N1CCC[C@H]1C(O)C(=O)NC1CC1. The molecule has 0 radical (unpaired) electrons. The Morgan fingerprint density at radius 2 is 1.84 bits per heavy atom. The molecule has 170 valence electrons. The molecule has 3 N–H and O–H groups in total. The highest BCUT2D eigenvalue weighted by atomic mass is 16.6. The van der Waals surface area contributed by atoms with Gasteiger partial charge in [-0.25, -0.2) is 4.79 Å². The Bertz CT molecular complexity index is 788. The average Bonchev–Trinajstić information content (AvgIpc) is 3.37. The van der Waals surface area contributed by atoms with Gasteiger partial charge in [0.05, 0.1) is 6.04 Å². The minimum Gasteiger partial charge on any atom is -0.444 e. The van der Waals surface area contributed by atoms with E-state index in [1.54, 1.807) is 20.8 Å². The minimum absolute atomic E-state index is 0.132. The molecule has 2 aliphatic rings. The Labute approximate surface area is 183 Å². The molecule has 8 nitrogen and oxygen atoms in total. The molecule has 3 amide bonds. The molecule has 2 fully saturated rings. The van der Waals surface area contributed by atoms with Crippen molar-refractivity contribution in [2.75, 3.05) is 6.54 Å². The number of hydrogen-bond acceptors (Lipinski definition) is 5. The number of hydrogen-bond donors (Lipinski definition) is 3. The van der Waals surface area contributed by atoms with Gasteiger partial charge in [0.25, 0.3) is 5.91 Å². The molecule has 1 aliphatic carbocycles. The van der Waals surface area contributed by atoms with E-state index in [1.807, 2.05) is 30.3 Å². The van der Waals surface area contributed by atoms with Crippen molar-refractivity contribution in [3.63, 3.8) is 0 Å². The summed E-state index contributed by atoms with van der Waals surface area (Å²) in [6.07, 6.45) is 1.39. The van der Waals surface area contributed by atoms with E-state index in [2.05, 4.69) is 10.6 Å². The van der Waals surface area contributed by atoms with Crippen LogP contribution < -0.4 is 10.6 Å². The second kappa shape index (κ2) is 9.68. The predicted octanol–water partition coefficient (Wildman–Crippen LogP) is 1.75. The molecule has 1 saturated carbocycles. The summed E-state index contributed by atoms with van der Waals surface area (Å²) in [6, 6.07) is 8.05. The molecule has 3 atom stereocenters. The number of aliphatic hydroxyl groups excluding tert-OH is 1. The van der Waals surface area contributed by atoms with Crippen molar-refractivity contribution in [3.05, 3.63) is 35.9 Å². The van der Waals surface area contributed by atoms with Crippen LogP contribution in [0, 0.1) is 0 Å². The van der Waals surface area contributed by atoms with Gasteiger partial charge in [-0.1, -0.05) is 30.3 Å². The van der Waals surface area contributed by atoms with Crippen LogP contribution in [0.25, 0.3) is 0 Å². The lowest BCUT2D eigenvalue weighted by Gasteiger charge is -2.32. The van der Waals surface area contributed by atoms with Gasteiger partial charge in [0, 0.05) is 19.0 Å². The molecule has 0 bridgehead atoms. The molecule has 1 unspecified atom stereocenters. The Morgan fingerprint density at radius 3 is 2.45 bits per heavy atom. The zero-order valence-electron chi connectivity index (χ0n) is 18.5. The van der Waals surface area contributed by atoms with Crippen LogP contribution in [0.5, 0.6) is 0 Å². The minimum atomic E-state index is -1.29. The number of carbonyl (C=O) groups excluding carboxylic acids is 3. The van der Waals surface area contributed by atoms with Gasteiger partial charge < -0.3 is 25.4 Å². The summed E-state index contributed by atoms with van der Waals surface area (Å²) < 4.78 is 5.35. The lowest BCUT2D eigenvalue weighted by atomic mass is 10.0. The number of amides is 3. The lowest BCUT2D eigenvalue weighted by Crippen LogP contribution is -2.56. The first-order valence-corrected chi connectivity index (χ1v) is 11.0. The van der Waals surface area contributed by atoms with E-state index in [-0.39, 0.29) is 18.4 Å². The van der Waals surface area contributed by atoms with Gasteiger partial charge in [0.1, 0.15) is 11.6 Å². The number of nitrogens with one attached hydrogen (secondary N) is 2.